The Morgan fingerprint density at radius 3 is 2.14 bits per heavy atom. The number of para-hydroxylation sites is 1. The first kappa shape index (κ1) is 19.4. The van der Waals surface area contributed by atoms with Crippen molar-refractivity contribution in [2.75, 3.05) is 26.7 Å². The summed E-state index contributed by atoms with van der Waals surface area (Å²) in [6.45, 7) is 10.3. The van der Waals surface area contributed by atoms with Crippen molar-refractivity contribution >= 4 is 11.0 Å². The van der Waals surface area contributed by atoms with Gasteiger partial charge in [0.15, 0.2) is 0 Å². The van der Waals surface area contributed by atoms with Crippen LogP contribution in [-0.4, -0.2) is 31.6 Å². The Morgan fingerprint density at radius 1 is 1.00 bits per heavy atom. The quantitative estimate of drug-likeness (QED) is 0.880. The maximum Gasteiger partial charge on any atom is 0.336 e. The van der Waals surface area contributed by atoms with Crippen molar-refractivity contribution in [2.24, 2.45) is 5.73 Å². The monoisotopic (exact) mass is 292 g/mol. The van der Waals surface area contributed by atoms with E-state index in [4.69, 9.17) is 4.42 Å². The van der Waals surface area contributed by atoms with Crippen molar-refractivity contribution in [3.8, 4) is 0 Å². The lowest BCUT2D eigenvalue weighted by Gasteiger charge is -2.15. The standard InChI is InChI=1S/C9H6O2.C7H17N.CH5N/c10-9-6-5-7-3-1-2-4-8(7)11-9;1-4-7-8(5-2)6-3;1-2/h1-6H;4-7H2,1-3H3;2H2,1H3. The van der Waals surface area contributed by atoms with Gasteiger partial charge in [0.1, 0.15) is 5.58 Å². The van der Waals surface area contributed by atoms with Crippen molar-refractivity contribution in [1.82, 2.24) is 4.90 Å². The first-order chi connectivity index (χ1) is 10.2. The predicted octanol–water partition coefficient (Wildman–Crippen LogP) is 3.11. The average molecular weight is 292 g/mol. The van der Waals surface area contributed by atoms with Crippen molar-refractivity contribution < 1.29 is 4.42 Å². The minimum Gasteiger partial charge on any atom is -0.423 e. The van der Waals surface area contributed by atoms with Gasteiger partial charge in [-0.3, -0.25) is 0 Å². The van der Waals surface area contributed by atoms with Crippen LogP contribution in [0.15, 0.2) is 45.6 Å². The predicted molar refractivity (Wildman–Crippen MR) is 90.7 cm³/mol. The molecule has 2 N–H and O–H groups in total. The normalized spacial score (nSPS) is 9.62. The molecule has 1 aromatic carbocycles. The highest BCUT2D eigenvalue weighted by Crippen LogP contribution is 2.08. The smallest absolute Gasteiger partial charge is 0.336 e. The van der Waals surface area contributed by atoms with Gasteiger partial charge < -0.3 is 15.1 Å². The molecule has 0 unspecified atom stereocenters. The third kappa shape index (κ3) is 7.63. The van der Waals surface area contributed by atoms with Gasteiger partial charge in [-0.25, -0.2) is 4.79 Å². The van der Waals surface area contributed by atoms with E-state index < -0.39 is 0 Å². The molecule has 1 aromatic heterocycles. The number of rotatable bonds is 4. The van der Waals surface area contributed by atoms with Crippen LogP contribution in [-0.2, 0) is 0 Å². The molecule has 1 heterocycles. The lowest BCUT2D eigenvalue weighted by Crippen LogP contribution is -2.23. The highest BCUT2D eigenvalue weighted by Gasteiger charge is 1.93. The van der Waals surface area contributed by atoms with Crippen LogP contribution in [0.5, 0.6) is 0 Å². The van der Waals surface area contributed by atoms with Gasteiger partial charge in [-0.1, -0.05) is 39.0 Å². The van der Waals surface area contributed by atoms with Crippen LogP contribution < -0.4 is 11.4 Å². The minimum absolute atomic E-state index is 0.302. The largest absolute Gasteiger partial charge is 0.423 e. The van der Waals surface area contributed by atoms with E-state index in [0.717, 1.165) is 5.39 Å². The third-order valence-electron chi connectivity index (χ3n) is 2.96. The van der Waals surface area contributed by atoms with Crippen LogP contribution in [0.3, 0.4) is 0 Å². The van der Waals surface area contributed by atoms with Crippen LogP contribution in [0.2, 0.25) is 0 Å². The summed E-state index contributed by atoms with van der Waals surface area (Å²) in [5, 5.41) is 0.951. The third-order valence-corrected chi connectivity index (χ3v) is 2.96. The Bertz CT molecular complexity index is 533. The van der Waals surface area contributed by atoms with E-state index in [-0.39, 0.29) is 5.63 Å². The van der Waals surface area contributed by atoms with Crippen LogP contribution in [0.1, 0.15) is 27.2 Å². The Kier molecular flexibility index (Phi) is 11.2. The second-order valence-corrected chi connectivity index (χ2v) is 4.32. The summed E-state index contributed by atoms with van der Waals surface area (Å²) in [4.78, 5) is 13.1. The molecule has 0 saturated carbocycles. The van der Waals surface area contributed by atoms with Gasteiger partial charge in [0.05, 0.1) is 0 Å². The van der Waals surface area contributed by atoms with Gasteiger partial charge in [0.2, 0.25) is 0 Å². The molecule has 0 aliphatic rings. The Balaban J connectivity index is 0.000000358. The van der Waals surface area contributed by atoms with Gasteiger partial charge in [-0.2, -0.15) is 0 Å². The molecule has 0 fully saturated rings. The first-order valence-electron chi connectivity index (χ1n) is 7.50. The summed E-state index contributed by atoms with van der Waals surface area (Å²) in [6, 6.07) is 10.6. The molecular formula is C17H28N2O2. The maximum atomic E-state index is 10.7. The van der Waals surface area contributed by atoms with Crippen LogP contribution in [0, 0.1) is 0 Å². The Hall–Kier alpha value is -1.65. The summed E-state index contributed by atoms with van der Waals surface area (Å²) in [6.07, 6.45) is 1.28. The molecule has 0 atom stereocenters. The second kappa shape index (κ2) is 12.1. The maximum absolute atomic E-state index is 10.7. The number of nitrogens with zero attached hydrogens (tertiary/aromatic N) is 1. The van der Waals surface area contributed by atoms with Crippen LogP contribution in [0.25, 0.3) is 11.0 Å². The van der Waals surface area contributed by atoms with Gasteiger partial charge >= 0.3 is 5.63 Å². The molecule has 4 nitrogen and oxygen atoms in total. The van der Waals surface area contributed by atoms with Gasteiger partial charge in [0.25, 0.3) is 0 Å². The van der Waals surface area contributed by atoms with E-state index in [2.05, 4.69) is 31.4 Å². The molecule has 118 valence electrons. The second-order valence-electron chi connectivity index (χ2n) is 4.32. The fourth-order valence-corrected chi connectivity index (χ4v) is 1.87. The zero-order chi connectivity index (χ0) is 16.1. The summed E-state index contributed by atoms with van der Waals surface area (Å²) < 4.78 is 4.91. The molecule has 21 heavy (non-hydrogen) atoms. The molecule has 0 spiro atoms. The van der Waals surface area contributed by atoms with E-state index >= 15 is 0 Å². The SMILES string of the molecule is CCCN(CC)CC.CN.O=c1ccc2ccccc2o1. The number of hydrogen-bond acceptors (Lipinski definition) is 4. The van der Waals surface area contributed by atoms with E-state index in [1.807, 2.05) is 18.2 Å². The number of benzene rings is 1. The molecule has 4 heteroatoms. The van der Waals surface area contributed by atoms with Gasteiger partial charge in [0, 0.05) is 11.5 Å². The van der Waals surface area contributed by atoms with Crippen molar-refractivity contribution in [1.29, 1.82) is 0 Å². The van der Waals surface area contributed by atoms with Crippen molar-refractivity contribution in [3.05, 3.63) is 46.8 Å². The zero-order valence-corrected chi connectivity index (χ0v) is 13.6. The summed E-state index contributed by atoms with van der Waals surface area (Å²) in [5.41, 5.74) is 4.84. The molecule has 0 aliphatic carbocycles. The Labute approximate surface area is 127 Å². The summed E-state index contributed by atoms with van der Waals surface area (Å²) in [5.74, 6) is 0. The van der Waals surface area contributed by atoms with E-state index in [0.29, 0.717) is 5.58 Å². The fraction of sp³-hybridized carbons (Fsp3) is 0.471. The lowest BCUT2D eigenvalue weighted by molar-refractivity contribution is 0.304. The molecule has 0 aliphatic heterocycles. The minimum atomic E-state index is -0.302. The average Bonchev–Trinajstić information content (AvgIpc) is 2.55. The topological polar surface area (TPSA) is 59.5 Å². The van der Waals surface area contributed by atoms with Crippen LogP contribution >= 0.6 is 0 Å². The van der Waals surface area contributed by atoms with Crippen molar-refractivity contribution in [2.45, 2.75) is 27.2 Å². The lowest BCUT2D eigenvalue weighted by atomic mass is 10.2. The summed E-state index contributed by atoms with van der Waals surface area (Å²) in [7, 11) is 1.50. The van der Waals surface area contributed by atoms with E-state index in [1.165, 1.54) is 39.2 Å². The number of hydrogen-bond donors (Lipinski definition) is 1. The zero-order valence-electron chi connectivity index (χ0n) is 13.6. The molecule has 2 rings (SSSR count). The number of fused-ring (bicyclic) bond motifs is 1. The fourth-order valence-electron chi connectivity index (χ4n) is 1.87. The molecule has 0 bridgehead atoms. The molecule has 2 aromatic rings. The highest BCUT2D eigenvalue weighted by molar-refractivity contribution is 5.75. The van der Waals surface area contributed by atoms with E-state index in [9.17, 15) is 4.79 Å². The summed E-state index contributed by atoms with van der Waals surface area (Å²) >= 11 is 0. The first-order valence-corrected chi connectivity index (χ1v) is 7.50. The molecular weight excluding hydrogens is 264 g/mol. The highest BCUT2D eigenvalue weighted by atomic mass is 16.4. The van der Waals surface area contributed by atoms with Gasteiger partial charge in [-0.05, 0) is 45.2 Å². The molecule has 0 radical (unpaired) electrons. The van der Waals surface area contributed by atoms with E-state index in [1.54, 1.807) is 12.1 Å². The Morgan fingerprint density at radius 2 is 1.62 bits per heavy atom. The number of nitrogens with two attached hydrogens (primary N) is 1. The van der Waals surface area contributed by atoms with Gasteiger partial charge in [-0.15, -0.1) is 0 Å². The molecule has 0 amide bonds. The van der Waals surface area contributed by atoms with Crippen molar-refractivity contribution in [3.63, 3.8) is 0 Å². The van der Waals surface area contributed by atoms with Crippen LogP contribution in [0.4, 0.5) is 0 Å². The molecule has 0 saturated heterocycles.